The Morgan fingerprint density at radius 3 is 2.14 bits per heavy atom. The Hall–Kier alpha value is -3.55. The van der Waals surface area contributed by atoms with Crippen molar-refractivity contribution in [3.63, 3.8) is 0 Å². The predicted molar refractivity (Wildman–Crippen MR) is 103 cm³/mol. The summed E-state index contributed by atoms with van der Waals surface area (Å²) in [6, 6.07) is 12.0. The number of nitrogens with one attached hydrogen (secondary N) is 2. The zero-order valence-corrected chi connectivity index (χ0v) is 15.8. The van der Waals surface area contributed by atoms with Crippen molar-refractivity contribution in [3.05, 3.63) is 59.2 Å². The van der Waals surface area contributed by atoms with Gasteiger partial charge in [-0.05, 0) is 35.4 Å². The van der Waals surface area contributed by atoms with Crippen LogP contribution < -0.4 is 25.8 Å². The maximum atomic E-state index is 12.2. The second kappa shape index (κ2) is 9.96. The number of carbonyl (C=O) groups is 3. The highest BCUT2D eigenvalue weighted by Crippen LogP contribution is 2.27. The predicted octanol–water partition coefficient (Wildman–Crippen LogP) is 0.778. The molecule has 148 valence electrons. The molecule has 0 atom stereocenters. The number of nitrogens with two attached hydrogens (primary N) is 1. The third kappa shape index (κ3) is 6.01. The first-order valence-corrected chi connectivity index (χ1v) is 8.56. The minimum Gasteiger partial charge on any atom is -0.493 e. The van der Waals surface area contributed by atoms with Gasteiger partial charge in [-0.3, -0.25) is 14.4 Å². The molecule has 2 rings (SSSR count). The maximum Gasteiger partial charge on any atom is 0.251 e. The lowest BCUT2D eigenvalue weighted by atomic mass is 10.1. The Bertz CT molecular complexity index is 849. The molecule has 0 unspecified atom stereocenters. The summed E-state index contributed by atoms with van der Waals surface area (Å²) in [4.78, 5) is 34.7. The molecular weight excluding hydrogens is 362 g/mol. The van der Waals surface area contributed by atoms with E-state index in [1.54, 1.807) is 56.7 Å². The molecule has 0 spiro atoms. The topological polar surface area (TPSA) is 120 Å². The van der Waals surface area contributed by atoms with Crippen LogP contribution in [0.15, 0.2) is 42.5 Å². The van der Waals surface area contributed by atoms with Gasteiger partial charge in [-0.15, -0.1) is 0 Å². The average Bonchev–Trinajstić information content (AvgIpc) is 2.70. The van der Waals surface area contributed by atoms with Gasteiger partial charge in [0, 0.05) is 12.1 Å². The molecule has 0 bridgehead atoms. The largest absolute Gasteiger partial charge is 0.493 e. The normalized spacial score (nSPS) is 10.1. The number of primary amides is 1. The summed E-state index contributed by atoms with van der Waals surface area (Å²) in [6.45, 7) is 0.113. The first kappa shape index (κ1) is 20.8. The highest BCUT2D eigenvalue weighted by atomic mass is 16.5. The average molecular weight is 385 g/mol. The molecule has 0 heterocycles. The molecule has 0 aromatic heterocycles. The summed E-state index contributed by atoms with van der Waals surface area (Å²) in [5, 5.41) is 5.24. The van der Waals surface area contributed by atoms with Gasteiger partial charge in [0.2, 0.25) is 11.8 Å². The molecule has 4 N–H and O–H groups in total. The van der Waals surface area contributed by atoms with Gasteiger partial charge in [0.15, 0.2) is 11.5 Å². The number of ether oxygens (including phenoxy) is 2. The lowest BCUT2D eigenvalue weighted by Crippen LogP contribution is -2.33. The van der Waals surface area contributed by atoms with Gasteiger partial charge >= 0.3 is 0 Å². The second-order valence-electron chi connectivity index (χ2n) is 5.99. The molecule has 8 nitrogen and oxygen atoms in total. The van der Waals surface area contributed by atoms with Gasteiger partial charge in [-0.1, -0.05) is 18.2 Å². The van der Waals surface area contributed by atoms with Crippen molar-refractivity contribution < 1.29 is 23.9 Å². The molecule has 0 saturated heterocycles. The molecule has 0 saturated carbocycles. The summed E-state index contributed by atoms with van der Waals surface area (Å²) in [6.07, 6.45) is 0.202. The number of methoxy groups -OCH3 is 2. The smallest absolute Gasteiger partial charge is 0.251 e. The molecule has 2 aromatic rings. The quantitative estimate of drug-likeness (QED) is 0.589. The highest BCUT2D eigenvalue weighted by Gasteiger charge is 2.09. The van der Waals surface area contributed by atoms with Crippen LogP contribution in [0.5, 0.6) is 11.5 Å². The van der Waals surface area contributed by atoms with Gasteiger partial charge < -0.3 is 25.8 Å². The van der Waals surface area contributed by atoms with Crippen molar-refractivity contribution >= 4 is 17.7 Å². The SMILES string of the molecule is COc1ccc(CC(=O)NCc2ccc(C(=O)NCC(N)=O)cc2)cc1OC. The minimum atomic E-state index is -0.609. The van der Waals surface area contributed by atoms with Gasteiger partial charge in [-0.2, -0.15) is 0 Å². The zero-order valence-electron chi connectivity index (χ0n) is 15.8. The first-order chi connectivity index (χ1) is 13.4. The van der Waals surface area contributed by atoms with Gasteiger partial charge in [0.1, 0.15) is 0 Å². The van der Waals surface area contributed by atoms with E-state index in [0.717, 1.165) is 11.1 Å². The Morgan fingerprint density at radius 2 is 1.54 bits per heavy atom. The lowest BCUT2D eigenvalue weighted by Gasteiger charge is -2.10. The van der Waals surface area contributed by atoms with Crippen LogP contribution in [-0.2, 0) is 22.6 Å². The summed E-state index contributed by atoms with van der Waals surface area (Å²) in [7, 11) is 3.09. The van der Waals surface area contributed by atoms with Gasteiger partial charge in [-0.25, -0.2) is 0 Å². The first-order valence-electron chi connectivity index (χ1n) is 8.56. The van der Waals surface area contributed by atoms with E-state index in [9.17, 15) is 14.4 Å². The molecule has 8 heteroatoms. The van der Waals surface area contributed by atoms with E-state index in [1.807, 2.05) is 0 Å². The Labute approximate surface area is 163 Å². The number of rotatable bonds is 9. The second-order valence-corrected chi connectivity index (χ2v) is 5.99. The van der Waals surface area contributed by atoms with Crippen molar-refractivity contribution in [3.8, 4) is 11.5 Å². The van der Waals surface area contributed by atoms with Crippen LogP contribution in [-0.4, -0.2) is 38.5 Å². The van der Waals surface area contributed by atoms with E-state index >= 15 is 0 Å². The van der Waals surface area contributed by atoms with Crippen LogP contribution in [0.25, 0.3) is 0 Å². The van der Waals surface area contributed by atoms with E-state index in [4.69, 9.17) is 15.2 Å². The maximum absolute atomic E-state index is 12.2. The Morgan fingerprint density at radius 1 is 0.893 bits per heavy atom. The fourth-order valence-corrected chi connectivity index (χ4v) is 2.48. The monoisotopic (exact) mass is 385 g/mol. The van der Waals surface area contributed by atoms with E-state index in [2.05, 4.69) is 10.6 Å². The molecule has 0 aliphatic carbocycles. The Kier molecular flexibility index (Phi) is 7.38. The number of amides is 3. The fourth-order valence-electron chi connectivity index (χ4n) is 2.48. The van der Waals surface area contributed by atoms with Crippen molar-refractivity contribution in [2.75, 3.05) is 20.8 Å². The van der Waals surface area contributed by atoms with Crippen LogP contribution in [0, 0.1) is 0 Å². The Balaban J connectivity index is 1.87. The van der Waals surface area contributed by atoms with Crippen LogP contribution in [0.3, 0.4) is 0 Å². The number of hydrogen-bond acceptors (Lipinski definition) is 5. The van der Waals surface area contributed by atoms with Crippen molar-refractivity contribution in [2.45, 2.75) is 13.0 Å². The molecule has 0 radical (unpaired) electrons. The van der Waals surface area contributed by atoms with Crippen LogP contribution in [0.2, 0.25) is 0 Å². The number of benzene rings is 2. The molecule has 0 aliphatic heterocycles. The molecular formula is C20H23N3O5. The standard InChI is InChI=1S/C20H23N3O5/c1-27-16-8-5-14(9-17(16)28-2)10-19(25)22-11-13-3-6-15(7-4-13)20(26)23-12-18(21)24/h3-9H,10-12H2,1-2H3,(H2,21,24)(H,22,25)(H,23,26). The number of carbonyl (C=O) groups excluding carboxylic acids is 3. The minimum absolute atomic E-state index is 0.143. The number of hydrogen-bond donors (Lipinski definition) is 3. The molecule has 3 amide bonds. The third-order valence-electron chi connectivity index (χ3n) is 3.94. The van der Waals surface area contributed by atoms with E-state index in [1.165, 1.54) is 0 Å². The van der Waals surface area contributed by atoms with Crippen LogP contribution >= 0.6 is 0 Å². The molecule has 2 aromatic carbocycles. The zero-order chi connectivity index (χ0) is 20.5. The van der Waals surface area contributed by atoms with Gasteiger partial charge in [0.25, 0.3) is 5.91 Å². The van der Waals surface area contributed by atoms with E-state index in [-0.39, 0.29) is 24.8 Å². The van der Waals surface area contributed by atoms with Crippen molar-refractivity contribution in [1.82, 2.24) is 10.6 Å². The van der Waals surface area contributed by atoms with E-state index < -0.39 is 5.91 Å². The van der Waals surface area contributed by atoms with Crippen molar-refractivity contribution in [1.29, 1.82) is 0 Å². The summed E-state index contributed by atoms with van der Waals surface area (Å²) < 4.78 is 10.4. The van der Waals surface area contributed by atoms with Crippen molar-refractivity contribution in [2.24, 2.45) is 5.73 Å². The summed E-state index contributed by atoms with van der Waals surface area (Å²) in [5.74, 6) is 0.0325. The van der Waals surface area contributed by atoms with Crippen LogP contribution in [0.4, 0.5) is 0 Å². The fraction of sp³-hybridized carbons (Fsp3) is 0.250. The highest BCUT2D eigenvalue weighted by molar-refractivity contribution is 5.96. The van der Waals surface area contributed by atoms with Gasteiger partial charge in [0.05, 0.1) is 27.2 Å². The molecule has 28 heavy (non-hydrogen) atoms. The van der Waals surface area contributed by atoms with Crippen LogP contribution in [0.1, 0.15) is 21.5 Å². The molecule has 0 fully saturated rings. The summed E-state index contributed by atoms with van der Waals surface area (Å²) in [5.41, 5.74) is 7.04. The van der Waals surface area contributed by atoms with E-state index in [0.29, 0.717) is 23.6 Å². The molecule has 0 aliphatic rings. The third-order valence-corrected chi connectivity index (χ3v) is 3.94. The lowest BCUT2D eigenvalue weighted by molar-refractivity contribution is -0.120. The summed E-state index contributed by atoms with van der Waals surface area (Å²) >= 11 is 0.